The summed E-state index contributed by atoms with van der Waals surface area (Å²) in [6.45, 7) is 0.211. The Bertz CT molecular complexity index is 1230. The molecule has 1 fully saturated rings. The van der Waals surface area contributed by atoms with Crippen LogP contribution in [0.4, 0.5) is 19.4 Å². The molecule has 2 heterocycles. The van der Waals surface area contributed by atoms with Crippen molar-refractivity contribution in [1.82, 2.24) is 10.3 Å². The summed E-state index contributed by atoms with van der Waals surface area (Å²) >= 11 is 0. The number of hydrogen-bond acceptors (Lipinski definition) is 5. The quantitative estimate of drug-likeness (QED) is 0.638. The van der Waals surface area contributed by atoms with Gasteiger partial charge in [0.05, 0.1) is 24.4 Å². The Morgan fingerprint density at radius 2 is 1.84 bits per heavy atom. The number of carbonyl (C=O) groups excluding carboxylic acids is 1. The number of urea groups is 1. The molecule has 0 bridgehead atoms. The van der Waals surface area contributed by atoms with Gasteiger partial charge in [0, 0.05) is 23.4 Å². The second kappa shape index (κ2) is 7.81. The van der Waals surface area contributed by atoms with E-state index in [0.717, 1.165) is 12.1 Å². The number of halogens is 2. The number of benzene rings is 2. The van der Waals surface area contributed by atoms with Crippen molar-refractivity contribution >= 4 is 11.8 Å². The van der Waals surface area contributed by atoms with Gasteiger partial charge in [-0.25, -0.2) is 18.6 Å². The molecule has 3 atom stereocenters. The maximum absolute atomic E-state index is 14.2. The highest BCUT2D eigenvalue weighted by molar-refractivity contribution is 5.89. The monoisotopic (exact) mass is 434 g/mol. The third kappa shape index (κ3) is 3.67. The molecule has 1 aliphatic heterocycles. The Kier molecular flexibility index (Phi) is 4.82. The van der Waals surface area contributed by atoms with Crippen LogP contribution in [0.3, 0.4) is 0 Å². The predicted octanol–water partition coefficient (Wildman–Crippen LogP) is 4.32. The smallest absolute Gasteiger partial charge is 0.320 e. The molecule has 5 rings (SSSR count). The highest BCUT2D eigenvalue weighted by Crippen LogP contribution is 2.55. The average molecular weight is 434 g/mol. The molecular formula is C23H16F2N4O3. The number of rotatable bonds is 4. The van der Waals surface area contributed by atoms with E-state index in [1.54, 1.807) is 36.4 Å². The molecular weight excluding hydrogens is 418 g/mol. The Labute approximate surface area is 181 Å². The normalized spacial score (nSPS) is 20.1. The highest BCUT2D eigenvalue weighted by Gasteiger charge is 2.57. The molecule has 2 aromatic carbocycles. The van der Waals surface area contributed by atoms with Crippen LogP contribution in [-0.4, -0.2) is 23.7 Å². The van der Waals surface area contributed by atoms with Gasteiger partial charge in [0.25, 0.3) is 0 Å². The summed E-state index contributed by atoms with van der Waals surface area (Å²) < 4.78 is 39.1. The van der Waals surface area contributed by atoms with Gasteiger partial charge >= 0.3 is 6.03 Å². The van der Waals surface area contributed by atoms with Gasteiger partial charge in [0.2, 0.25) is 0 Å². The molecule has 0 radical (unpaired) electrons. The topological polar surface area (TPSA) is 96.3 Å². The molecule has 0 unspecified atom stereocenters. The van der Waals surface area contributed by atoms with Crippen LogP contribution in [0.1, 0.15) is 17.0 Å². The van der Waals surface area contributed by atoms with Gasteiger partial charge in [-0.1, -0.05) is 0 Å². The summed E-state index contributed by atoms with van der Waals surface area (Å²) in [5.41, 5.74) is 0.702. The van der Waals surface area contributed by atoms with Crippen LogP contribution in [0.2, 0.25) is 0 Å². The molecule has 7 nitrogen and oxygen atoms in total. The van der Waals surface area contributed by atoms with Gasteiger partial charge in [-0.15, -0.1) is 0 Å². The van der Waals surface area contributed by atoms with Gasteiger partial charge in [0.15, 0.2) is 11.6 Å². The predicted molar refractivity (Wildman–Crippen MR) is 109 cm³/mol. The summed E-state index contributed by atoms with van der Waals surface area (Å²) in [7, 11) is 0. The number of aromatic nitrogens is 1. The number of pyridine rings is 1. The van der Waals surface area contributed by atoms with Gasteiger partial charge in [-0.05, 0) is 48.5 Å². The molecule has 0 spiro atoms. The molecule has 2 N–H and O–H groups in total. The number of ether oxygens (including phenoxy) is 2. The molecule has 1 saturated carbocycles. The van der Waals surface area contributed by atoms with Crippen molar-refractivity contribution in [2.24, 2.45) is 5.92 Å². The van der Waals surface area contributed by atoms with E-state index in [1.807, 2.05) is 6.07 Å². The van der Waals surface area contributed by atoms with E-state index >= 15 is 0 Å². The fraction of sp³-hybridized carbons (Fsp3) is 0.174. The lowest BCUT2D eigenvalue weighted by molar-refractivity contribution is 0.247. The van der Waals surface area contributed by atoms with Crippen LogP contribution >= 0.6 is 0 Å². The van der Waals surface area contributed by atoms with Gasteiger partial charge in [-0.2, -0.15) is 5.26 Å². The Morgan fingerprint density at radius 3 is 2.56 bits per heavy atom. The second-order valence-corrected chi connectivity index (χ2v) is 7.51. The largest absolute Gasteiger partial charge is 0.490 e. The minimum atomic E-state index is -0.609. The standard InChI is InChI=1S/C23H16F2N4O3/c24-16-6-7-17(25)22-20(16)19-15(11-31-22)21(19)29-23(30)28-18-8-5-14(10-27-18)32-13-3-1-12(9-26)2-4-13/h1-8,10,15,19,21H,11H2,(H2,27,28,29,30)/t15-,19+,21+/m0/s1. The van der Waals surface area contributed by atoms with Crippen molar-refractivity contribution in [3.63, 3.8) is 0 Å². The number of nitrogens with one attached hydrogen (secondary N) is 2. The Hall–Kier alpha value is -4.19. The van der Waals surface area contributed by atoms with Crippen LogP contribution in [0.5, 0.6) is 17.2 Å². The van der Waals surface area contributed by atoms with E-state index < -0.39 is 17.7 Å². The minimum Gasteiger partial charge on any atom is -0.490 e. The van der Waals surface area contributed by atoms with Crippen LogP contribution in [0.15, 0.2) is 54.7 Å². The van der Waals surface area contributed by atoms with E-state index in [0.29, 0.717) is 22.9 Å². The van der Waals surface area contributed by atoms with Crippen LogP contribution in [0.25, 0.3) is 0 Å². The molecule has 2 amide bonds. The first-order valence-corrected chi connectivity index (χ1v) is 9.86. The molecule has 160 valence electrons. The third-order valence-corrected chi connectivity index (χ3v) is 5.51. The highest BCUT2D eigenvalue weighted by atomic mass is 19.1. The van der Waals surface area contributed by atoms with Gasteiger partial charge in [0.1, 0.15) is 23.1 Å². The van der Waals surface area contributed by atoms with Gasteiger partial charge in [-0.3, -0.25) is 5.32 Å². The SMILES string of the molecule is N#Cc1ccc(Oc2ccc(NC(=O)N[C@@H]3[C@H]4COc5c(F)ccc(F)c5[C@@H]43)nc2)cc1. The molecule has 1 aromatic heterocycles. The van der Waals surface area contributed by atoms with E-state index in [2.05, 4.69) is 15.6 Å². The summed E-state index contributed by atoms with van der Waals surface area (Å²) in [6.07, 6.45) is 1.45. The number of nitriles is 1. The Balaban J connectivity index is 1.19. The Morgan fingerprint density at radius 1 is 1.09 bits per heavy atom. The lowest BCUT2D eigenvalue weighted by Crippen LogP contribution is -2.32. The zero-order valence-corrected chi connectivity index (χ0v) is 16.5. The van der Waals surface area contributed by atoms with E-state index in [4.69, 9.17) is 14.7 Å². The van der Waals surface area contributed by atoms with E-state index in [9.17, 15) is 13.6 Å². The number of nitrogens with zero attached hydrogens (tertiary/aromatic N) is 2. The molecule has 0 saturated heterocycles. The van der Waals surface area contributed by atoms with Crippen molar-refractivity contribution in [2.75, 3.05) is 11.9 Å². The first kappa shape index (κ1) is 19.8. The number of fused-ring (bicyclic) bond motifs is 3. The first-order valence-electron chi connectivity index (χ1n) is 9.86. The van der Waals surface area contributed by atoms with Gasteiger partial charge < -0.3 is 14.8 Å². The molecule has 1 aliphatic carbocycles. The summed E-state index contributed by atoms with van der Waals surface area (Å²) in [6, 6.07) is 13.1. The summed E-state index contributed by atoms with van der Waals surface area (Å²) in [4.78, 5) is 16.5. The van der Waals surface area contributed by atoms with Crippen molar-refractivity contribution in [3.8, 4) is 23.3 Å². The first-order chi connectivity index (χ1) is 15.5. The van der Waals surface area contributed by atoms with E-state index in [1.165, 1.54) is 6.20 Å². The van der Waals surface area contributed by atoms with E-state index in [-0.39, 0.29) is 35.8 Å². The molecule has 3 aromatic rings. The van der Waals surface area contributed by atoms with Crippen LogP contribution in [-0.2, 0) is 0 Å². The van der Waals surface area contributed by atoms with Crippen LogP contribution < -0.4 is 20.1 Å². The fourth-order valence-corrected chi connectivity index (χ4v) is 3.91. The minimum absolute atomic E-state index is 0.0736. The average Bonchev–Trinajstić information content (AvgIpc) is 3.50. The van der Waals surface area contributed by atoms with Crippen molar-refractivity contribution in [1.29, 1.82) is 5.26 Å². The van der Waals surface area contributed by atoms with Crippen molar-refractivity contribution < 1.29 is 23.0 Å². The maximum atomic E-state index is 14.2. The zero-order valence-electron chi connectivity index (χ0n) is 16.5. The number of anilines is 1. The lowest BCUT2D eigenvalue weighted by atomic mass is 10.0. The molecule has 2 aliphatic rings. The number of hydrogen-bond donors (Lipinski definition) is 2. The maximum Gasteiger partial charge on any atom is 0.320 e. The molecule has 32 heavy (non-hydrogen) atoms. The van der Waals surface area contributed by atoms with Crippen molar-refractivity contribution in [3.05, 3.63) is 77.5 Å². The molecule has 9 heteroatoms. The second-order valence-electron chi connectivity index (χ2n) is 7.51. The summed E-state index contributed by atoms with van der Waals surface area (Å²) in [5.74, 6) is -0.352. The number of carbonyl (C=O) groups is 1. The summed E-state index contributed by atoms with van der Waals surface area (Å²) in [5, 5.41) is 14.2. The third-order valence-electron chi connectivity index (χ3n) is 5.51. The lowest BCUT2D eigenvalue weighted by Gasteiger charge is -2.16. The van der Waals surface area contributed by atoms with Crippen molar-refractivity contribution in [2.45, 2.75) is 12.0 Å². The number of amides is 2. The fourth-order valence-electron chi connectivity index (χ4n) is 3.91. The van der Waals surface area contributed by atoms with Crippen LogP contribution in [0, 0.1) is 28.9 Å². The zero-order chi connectivity index (χ0) is 22.2.